The predicted molar refractivity (Wildman–Crippen MR) is 59.0 cm³/mol. The maximum absolute atomic E-state index is 5.79. The molecule has 0 aliphatic carbocycles. The van der Waals surface area contributed by atoms with Crippen molar-refractivity contribution >= 4 is 38.9 Å². The van der Waals surface area contributed by atoms with Gasteiger partial charge in [-0.1, -0.05) is 0 Å². The Morgan fingerprint density at radius 1 is 1.75 bits per heavy atom. The highest BCUT2D eigenvalue weighted by Gasteiger charge is 2.00. The van der Waals surface area contributed by atoms with E-state index >= 15 is 0 Å². The van der Waals surface area contributed by atoms with E-state index < -0.39 is 0 Å². The first kappa shape index (κ1) is 10.5. The van der Waals surface area contributed by atoms with Crippen LogP contribution in [0, 0.1) is 0 Å². The predicted octanol–water partition coefficient (Wildman–Crippen LogP) is 3.23. The molecule has 0 radical (unpaired) electrons. The number of rotatable bonds is 4. The number of hydrogen-bond acceptors (Lipinski definition) is 2. The molecule has 0 bridgehead atoms. The van der Waals surface area contributed by atoms with Crippen LogP contribution in [0.2, 0.25) is 0 Å². The first-order chi connectivity index (χ1) is 5.70. The highest BCUT2D eigenvalue weighted by atomic mass is 79.9. The largest absolute Gasteiger partial charge is 0.310 e. The van der Waals surface area contributed by atoms with Crippen LogP contribution in [0.25, 0.3) is 0 Å². The molecule has 0 saturated heterocycles. The van der Waals surface area contributed by atoms with Gasteiger partial charge in [-0.3, -0.25) is 0 Å². The summed E-state index contributed by atoms with van der Waals surface area (Å²) in [4.78, 5) is 1.33. The zero-order valence-electron chi connectivity index (χ0n) is 6.81. The van der Waals surface area contributed by atoms with E-state index in [-0.39, 0.29) is 5.38 Å². The summed E-state index contributed by atoms with van der Waals surface area (Å²) in [6, 6.07) is 2.06. The minimum Gasteiger partial charge on any atom is -0.310 e. The van der Waals surface area contributed by atoms with E-state index in [0.717, 1.165) is 13.1 Å². The quantitative estimate of drug-likeness (QED) is 0.827. The molecular weight excluding hydrogens is 258 g/mol. The number of halogens is 2. The Bertz CT molecular complexity index is 237. The summed E-state index contributed by atoms with van der Waals surface area (Å²) in [6.07, 6.45) is 0. The molecular formula is C8H11BrClNS. The van der Waals surface area contributed by atoms with Gasteiger partial charge in [-0.25, -0.2) is 0 Å². The van der Waals surface area contributed by atoms with Gasteiger partial charge in [0.15, 0.2) is 0 Å². The second-order valence-electron chi connectivity index (χ2n) is 2.60. The van der Waals surface area contributed by atoms with Crippen LogP contribution in [0.3, 0.4) is 0 Å². The molecule has 12 heavy (non-hydrogen) atoms. The van der Waals surface area contributed by atoms with E-state index in [1.54, 1.807) is 11.3 Å². The molecule has 1 aromatic heterocycles. The van der Waals surface area contributed by atoms with Gasteiger partial charge in [0.05, 0.1) is 0 Å². The van der Waals surface area contributed by atoms with Crippen molar-refractivity contribution in [3.63, 3.8) is 0 Å². The molecule has 1 rings (SSSR count). The Morgan fingerprint density at radius 2 is 2.50 bits per heavy atom. The summed E-state index contributed by atoms with van der Waals surface area (Å²) in [5.41, 5.74) is 0. The van der Waals surface area contributed by atoms with Crippen molar-refractivity contribution in [2.45, 2.75) is 18.8 Å². The third-order valence-corrected chi connectivity index (χ3v) is 3.48. The van der Waals surface area contributed by atoms with Crippen LogP contribution in [0.1, 0.15) is 11.8 Å². The maximum Gasteiger partial charge on any atom is 0.0432 e. The molecule has 0 spiro atoms. The molecule has 0 fully saturated rings. The van der Waals surface area contributed by atoms with Crippen molar-refractivity contribution < 1.29 is 0 Å². The zero-order valence-corrected chi connectivity index (χ0v) is 9.97. The number of alkyl halides is 1. The smallest absolute Gasteiger partial charge is 0.0432 e. The van der Waals surface area contributed by atoms with E-state index in [0.29, 0.717) is 0 Å². The highest BCUT2D eigenvalue weighted by Crippen LogP contribution is 2.21. The summed E-state index contributed by atoms with van der Waals surface area (Å²) in [7, 11) is 0. The summed E-state index contributed by atoms with van der Waals surface area (Å²) < 4.78 is 1.18. The van der Waals surface area contributed by atoms with Gasteiger partial charge in [-0.15, -0.1) is 22.9 Å². The van der Waals surface area contributed by atoms with Gasteiger partial charge in [-0.2, -0.15) is 0 Å². The second kappa shape index (κ2) is 5.22. The van der Waals surface area contributed by atoms with Gasteiger partial charge in [0.2, 0.25) is 0 Å². The van der Waals surface area contributed by atoms with Gasteiger partial charge in [0.25, 0.3) is 0 Å². The topological polar surface area (TPSA) is 12.0 Å². The molecule has 0 aliphatic rings. The van der Waals surface area contributed by atoms with Crippen molar-refractivity contribution in [3.8, 4) is 0 Å². The summed E-state index contributed by atoms with van der Waals surface area (Å²) >= 11 is 11.0. The van der Waals surface area contributed by atoms with Gasteiger partial charge >= 0.3 is 0 Å². The fourth-order valence-corrected chi connectivity index (χ4v) is 2.41. The van der Waals surface area contributed by atoms with Crippen molar-refractivity contribution in [1.29, 1.82) is 0 Å². The van der Waals surface area contributed by atoms with Crippen LogP contribution in [0.15, 0.2) is 15.9 Å². The summed E-state index contributed by atoms with van der Waals surface area (Å²) in [5, 5.41) is 5.55. The fraction of sp³-hybridized carbons (Fsp3) is 0.500. The molecule has 68 valence electrons. The van der Waals surface area contributed by atoms with Crippen LogP contribution < -0.4 is 5.32 Å². The van der Waals surface area contributed by atoms with Crippen molar-refractivity contribution in [2.24, 2.45) is 0 Å². The SMILES string of the molecule is CC(Cl)CNCc1sccc1Br. The molecule has 0 aliphatic heterocycles. The molecule has 1 nitrogen and oxygen atoms in total. The number of hydrogen-bond donors (Lipinski definition) is 1. The van der Waals surface area contributed by atoms with E-state index in [2.05, 4.69) is 32.7 Å². The standard InChI is InChI=1S/C8H11BrClNS/c1-6(10)4-11-5-8-7(9)2-3-12-8/h2-3,6,11H,4-5H2,1H3. The lowest BCUT2D eigenvalue weighted by Crippen LogP contribution is -2.20. The Kier molecular flexibility index (Phi) is 4.57. The lowest BCUT2D eigenvalue weighted by Gasteiger charge is -2.04. The molecule has 1 heterocycles. The Balaban J connectivity index is 2.29. The van der Waals surface area contributed by atoms with Gasteiger partial charge < -0.3 is 5.32 Å². The van der Waals surface area contributed by atoms with E-state index in [9.17, 15) is 0 Å². The van der Waals surface area contributed by atoms with Crippen LogP contribution >= 0.6 is 38.9 Å². The minimum atomic E-state index is 0.198. The van der Waals surface area contributed by atoms with Gasteiger partial charge in [0.1, 0.15) is 0 Å². The summed E-state index contributed by atoms with van der Waals surface area (Å²) in [5.74, 6) is 0. The average molecular weight is 269 g/mol. The molecule has 0 saturated carbocycles. The third kappa shape index (κ3) is 3.44. The normalized spacial score (nSPS) is 13.2. The molecule has 1 N–H and O–H groups in total. The van der Waals surface area contributed by atoms with E-state index in [1.165, 1.54) is 9.35 Å². The van der Waals surface area contributed by atoms with E-state index in [4.69, 9.17) is 11.6 Å². The Hall–Kier alpha value is 0.430. The van der Waals surface area contributed by atoms with E-state index in [1.807, 2.05) is 6.92 Å². The zero-order chi connectivity index (χ0) is 8.97. The molecule has 0 aromatic carbocycles. The first-order valence-electron chi connectivity index (χ1n) is 3.77. The lowest BCUT2D eigenvalue weighted by atomic mass is 10.4. The molecule has 4 heteroatoms. The highest BCUT2D eigenvalue weighted by molar-refractivity contribution is 9.10. The monoisotopic (exact) mass is 267 g/mol. The first-order valence-corrected chi connectivity index (χ1v) is 5.87. The minimum absolute atomic E-state index is 0.198. The van der Waals surface area contributed by atoms with Crippen LogP contribution in [-0.2, 0) is 6.54 Å². The Morgan fingerprint density at radius 3 is 3.00 bits per heavy atom. The van der Waals surface area contributed by atoms with Crippen LogP contribution in [0.5, 0.6) is 0 Å². The molecule has 1 aromatic rings. The lowest BCUT2D eigenvalue weighted by molar-refractivity contribution is 0.685. The van der Waals surface area contributed by atoms with Crippen molar-refractivity contribution in [1.82, 2.24) is 5.32 Å². The van der Waals surface area contributed by atoms with Gasteiger partial charge in [0, 0.05) is 27.8 Å². The van der Waals surface area contributed by atoms with Crippen LogP contribution in [-0.4, -0.2) is 11.9 Å². The second-order valence-corrected chi connectivity index (χ2v) is 5.20. The molecule has 0 amide bonds. The Labute approximate surface area is 90.3 Å². The number of nitrogens with one attached hydrogen (secondary N) is 1. The summed E-state index contributed by atoms with van der Waals surface area (Å²) in [6.45, 7) is 3.74. The number of thiophene rings is 1. The molecule has 1 unspecified atom stereocenters. The molecule has 1 atom stereocenters. The van der Waals surface area contributed by atoms with Gasteiger partial charge in [-0.05, 0) is 34.3 Å². The average Bonchev–Trinajstić information content (AvgIpc) is 2.36. The maximum atomic E-state index is 5.79. The van der Waals surface area contributed by atoms with Crippen molar-refractivity contribution in [2.75, 3.05) is 6.54 Å². The fourth-order valence-electron chi connectivity index (χ4n) is 0.836. The third-order valence-electron chi connectivity index (χ3n) is 1.40. The van der Waals surface area contributed by atoms with Crippen LogP contribution in [0.4, 0.5) is 0 Å². The van der Waals surface area contributed by atoms with Crippen molar-refractivity contribution in [3.05, 3.63) is 20.8 Å².